The maximum atomic E-state index is 12.3. The van der Waals surface area contributed by atoms with Gasteiger partial charge in [0.15, 0.2) is 0 Å². The Morgan fingerprint density at radius 1 is 1.10 bits per heavy atom. The van der Waals surface area contributed by atoms with Crippen LogP contribution in [0.4, 0.5) is 4.79 Å². The van der Waals surface area contributed by atoms with Crippen molar-refractivity contribution < 1.29 is 14.7 Å². The van der Waals surface area contributed by atoms with Crippen molar-refractivity contribution in [3.8, 4) is 0 Å². The molecule has 2 amide bonds. The lowest BCUT2D eigenvalue weighted by Gasteiger charge is -2.34. The second-order valence-corrected chi connectivity index (χ2v) is 6.84. The molecule has 1 heterocycles. The van der Waals surface area contributed by atoms with E-state index >= 15 is 0 Å². The maximum absolute atomic E-state index is 12.3. The van der Waals surface area contributed by atoms with Crippen LogP contribution in [0.25, 0.3) is 0 Å². The summed E-state index contributed by atoms with van der Waals surface area (Å²) in [6.45, 7) is 3.81. The molecule has 2 saturated carbocycles. The zero-order chi connectivity index (χ0) is 14.3. The Bertz CT molecular complexity index is 404. The van der Waals surface area contributed by atoms with E-state index in [0.717, 1.165) is 45.2 Å². The van der Waals surface area contributed by atoms with Crippen LogP contribution < -0.4 is 5.32 Å². The molecule has 112 valence electrons. The van der Waals surface area contributed by atoms with Gasteiger partial charge in [-0.1, -0.05) is 6.92 Å². The number of amides is 2. The van der Waals surface area contributed by atoms with Crippen LogP contribution in [0, 0.1) is 23.7 Å². The standard InChI is InChI=1S/C15H24N2O3/c1-9-4-6-17(7-5-9)15(20)16-13-11-3-2-10(8-11)12(13)14(18)19/h9-13H,2-8H2,1H3,(H,16,20)(H,18,19). The molecule has 3 rings (SSSR count). The second kappa shape index (κ2) is 5.26. The molecule has 0 aromatic heterocycles. The highest BCUT2D eigenvalue weighted by atomic mass is 16.4. The summed E-state index contributed by atoms with van der Waals surface area (Å²) < 4.78 is 0. The van der Waals surface area contributed by atoms with Gasteiger partial charge in [0, 0.05) is 19.1 Å². The van der Waals surface area contributed by atoms with Crippen molar-refractivity contribution in [3.63, 3.8) is 0 Å². The van der Waals surface area contributed by atoms with Crippen LogP contribution in [0.2, 0.25) is 0 Å². The summed E-state index contributed by atoms with van der Waals surface area (Å²) >= 11 is 0. The first-order valence-electron chi connectivity index (χ1n) is 7.84. The zero-order valence-corrected chi connectivity index (χ0v) is 12.0. The Morgan fingerprint density at radius 3 is 2.40 bits per heavy atom. The summed E-state index contributed by atoms with van der Waals surface area (Å²) in [6, 6.07) is -0.209. The zero-order valence-electron chi connectivity index (χ0n) is 12.0. The molecule has 1 saturated heterocycles. The van der Waals surface area contributed by atoms with Gasteiger partial charge in [-0.15, -0.1) is 0 Å². The number of carbonyl (C=O) groups is 2. The first-order chi connectivity index (χ1) is 9.56. The highest BCUT2D eigenvalue weighted by Crippen LogP contribution is 2.48. The highest BCUT2D eigenvalue weighted by molar-refractivity contribution is 5.77. The summed E-state index contributed by atoms with van der Waals surface area (Å²) in [6.07, 6.45) is 5.14. The number of urea groups is 1. The average molecular weight is 280 g/mol. The summed E-state index contributed by atoms with van der Waals surface area (Å²) in [5.74, 6) is 0.211. The second-order valence-electron chi connectivity index (χ2n) is 6.84. The molecular weight excluding hydrogens is 256 g/mol. The van der Waals surface area contributed by atoms with Crippen LogP contribution in [0.5, 0.6) is 0 Å². The SMILES string of the molecule is CC1CCN(C(=O)NC2C3CCC(C3)C2C(=O)O)CC1. The van der Waals surface area contributed by atoms with E-state index in [2.05, 4.69) is 12.2 Å². The molecular formula is C15H24N2O3. The molecule has 0 aromatic rings. The number of carboxylic acids is 1. The predicted molar refractivity (Wildman–Crippen MR) is 74.2 cm³/mol. The molecule has 20 heavy (non-hydrogen) atoms. The molecule has 0 radical (unpaired) electrons. The van der Waals surface area contributed by atoms with Gasteiger partial charge in [0.25, 0.3) is 0 Å². The van der Waals surface area contributed by atoms with Gasteiger partial charge in [-0.25, -0.2) is 4.79 Å². The number of piperidine rings is 1. The van der Waals surface area contributed by atoms with Crippen molar-refractivity contribution in [2.24, 2.45) is 23.7 Å². The summed E-state index contributed by atoms with van der Waals surface area (Å²) in [4.78, 5) is 25.6. The Morgan fingerprint density at radius 2 is 1.75 bits per heavy atom. The summed E-state index contributed by atoms with van der Waals surface area (Å²) in [5, 5.41) is 12.4. The number of fused-ring (bicyclic) bond motifs is 2. The summed E-state index contributed by atoms with van der Waals surface area (Å²) in [7, 11) is 0. The fourth-order valence-electron chi connectivity index (χ4n) is 4.30. The minimum atomic E-state index is -0.741. The van der Waals surface area contributed by atoms with Gasteiger partial charge in [0.1, 0.15) is 0 Å². The van der Waals surface area contributed by atoms with Gasteiger partial charge < -0.3 is 15.3 Å². The highest BCUT2D eigenvalue weighted by Gasteiger charge is 2.51. The third-order valence-electron chi connectivity index (χ3n) is 5.56. The monoisotopic (exact) mass is 280 g/mol. The number of hydrogen-bond donors (Lipinski definition) is 2. The van der Waals surface area contributed by atoms with Crippen molar-refractivity contribution >= 4 is 12.0 Å². The number of rotatable bonds is 2. The lowest BCUT2D eigenvalue weighted by Crippen LogP contribution is -2.52. The Labute approximate surface area is 119 Å². The van der Waals surface area contributed by atoms with E-state index in [0.29, 0.717) is 11.8 Å². The maximum Gasteiger partial charge on any atom is 0.317 e. The summed E-state index contributed by atoms with van der Waals surface area (Å²) in [5.41, 5.74) is 0. The molecule has 5 nitrogen and oxygen atoms in total. The lowest BCUT2D eigenvalue weighted by molar-refractivity contribution is -0.144. The van der Waals surface area contributed by atoms with Gasteiger partial charge in [0.2, 0.25) is 0 Å². The molecule has 2 bridgehead atoms. The van der Waals surface area contributed by atoms with Crippen LogP contribution >= 0.6 is 0 Å². The molecule has 4 atom stereocenters. The molecule has 1 aliphatic heterocycles. The lowest BCUT2D eigenvalue weighted by atomic mass is 9.84. The number of likely N-dealkylation sites (tertiary alicyclic amines) is 1. The normalized spacial score (nSPS) is 37.1. The van der Waals surface area contributed by atoms with E-state index in [-0.39, 0.29) is 23.9 Å². The number of carbonyl (C=O) groups excluding carboxylic acids is 1. The van der Waals surface area contributed by atoms with Crippen molar-refractivity contribution in [2.75, 3.05) is 13.1 Å². The smallest absolute Gasteiger partial charge is 0.317 e. The molecule has 4 unspecified atom stereocenters. The Balaban J connectivity index is 1.62. The molecule has 0 spiro atoms. The van der Waals surface area contributed by atoms with Gasteiger partial charge in [-0.3, -0.25) is 4.79 Å². The van der Waals surface area contributed by atoms with E-state index in [9.17, 15) is 14.7 Å². The third kappa shape index (κ3) is 2.38. The van der Waals surface area contributed by atoms with E-state index in [1.165, 1.54) is 0 Å². The van der Waals surface area contributed by atoms with Crippen molar-refractivity contribution in [3.05, 3.63) is 0 Å². The van der Waals surface area contributed by atoms with Crippen LogP contribution in [0.3, 0.4) is 0 Å². The largest absolute Gasteiger partial charge is 0.481 e. The van der Waals surface area contributed by atoms with Crippen molar-refractivity contribution in [1.82, 2.24) is 10.2 Å². The minimum absolute atomic E-state index is 0.0549. The number of nitrogens with one attached hydrogen (secondary N) is 1. The van der Waals surface area contributed by atoms with Gasteiger partial charge in [-0.2, -0.15) is 0 Å². The van der Waals surface area contributed by atoms with Crippen LogP contribution in [-0.2, 0) is 4.79 Å². The van der Waals surface area contributed by atoms with E-state index in [1.807, 2.05) is 4.90 Å². The van der Waals surface area contributed by atoms with Gasteiger partial charge in [0.05, 0.1) is 5.92 Å². The Hall–Kier alpha value is -1.26. The minimum Gasteiger partial charge on any atom is -0.481 e. The predicted octanol–water partition coefficient (Wildman–Crippen LogP) is 1.93. The first-order valence-corrected chi connectivity index (χ1v) is 7.84. The Kier molecular flexibility index (Phi) is 3.61. The molecule has 2 N–H and O–H groups in total. The van der Waals surface area contributed by atoms with E-state index in [4.69, 9.17) is 0 Å². The number of aliphatic carboxylic acids is 1. The molecule has 2 aliphatic carbocycles. The fraction of sp³-hybridized carbons (Fsp3) is 0.867. The third-order valence-corrected chi connectivity index (χ3v) is 5.56. The van der Waals surface area contributed by atoms with E-state index in [1.54, 1.807) is 0 Å². The fourth-order valence-corrected chi connectivity index (χ4v) is 4.30. The van der Waals surface area contributed by atoms with Crippen molar-refractivity contribution in [2.45, 2.75) is 45.1 Å². The van der Waals surface area contributed by atoms with Crippen LogP contribution in [-0.4, -0.2) is 41.1 Å². The first kappa shape index (κ1) is 13.7. The molecule has 0 aromatic carbocycles. The number of nitrogens with zero attached hydrogens (tertiary/aromatic N) is 1. The topological polar surface area (TPSA) is 69.6 Å². The number of carboxylic acid groups (broad SMARTS) is 1. The molecule has 5 heteroatoms. The molecule has 3 aliphatic rings. The quantitative estimate of drug-likeness (QED) is 0.812. The van der Waals surface area contributed by atoms with E-state index < -0.39 is 5.97 Å². The average Bonchev–Trinajstić information content (AvgIpc) is 3.00. The van der Waals surface area contributed by atoms with Crippen LogP contribution in [0.1, 0.15) is 39.0 Å². The molecule has 3 fully saturated rings. The van der Waals surface area contributed by atoms with Crippen molar-refractivity contribution in [1.29, 1.82) is 0 Å². The number of hydrogen-bond acceptors (Lipinski definition) is 2. The van der Waals surface area contributed by atoms with Gasteiger partial charge in [-0.05, 0) is 49.9 Å². The van der Waals surface area contributed by atoms with Crippen LogP contribution in [0.15, 0.2) is 0 Å². The van der Waals surface area contributed by atoms with Gasteiger partial charge >= 0.3 is 12.0 Å².